The molecule has 0 aliphatic carbocycles. The monoisotopic (exact) mass is 627 g/mol. The van der Waals surface area contributed by atoms with Crippen molar-refractivity contribution in [2.24, 2.45) is 5.92 Å². The number of piperazine rings is 1. The maximum absolute atomic E-state index is 13.2. The minimum atomic E-state index is -4.37. The summed E-state index contributed by atoms with van der Waals surface area (Å²) in [4.78, 5) is 40.5. The van der Waals surface area contributed by atoms with Gasteiger partial charge in [-0.25, -0.2) is 9.97 Å². The molecule has 2 fully saturated rings. The lowest BCUT2D eigenvalue weighted by Crippen LogP contribution is -2.47. The largest absolute Gasteiger partial charge is 0.466 e. The lowest BCUT2D eigenvalue weighted by atomic mass is 9.97. The second-order valence-electron chi connectivity index (χ2n) is 11.0. The summed E-state index contributed by atoms with van der Waals surface area (Å²) < 4.78 is 44.7. The van der Waals surface area contributed by atoms with E-state index in [4.69, 9.17) is 9.72 Å². The quantitative estimate of drug-likeness (QED) is 0.175. The molecular formula is C32H36F3N5O3S. The topological polar surface area (TPSA) is 78.9 Å². The average Bonchev–Trinajstić information content (AvgIpc) is 3.03. The number of thioether (sulfide) groups is 1. The number of benzene rings is 2. The first-order valence-corrected chi connectivity index (χ1v) is 15.8. The number of nitrogens with zero attached hydrogens (tertiary/aromatic N) is 5. The molecule has 2 aromatic carbocycles. The molecule has 1 aromatic heterocycles. The van der Waals surface area contributed by atoms with Crippen molar-refractivity contribution in [1.82, 2.24) is 14.9 Å². The first-order valence-electron chi connectivity index (χ1n) is 14.8. The van der Waals surface area contributed by atoms with Gasteiger partial charge in [0.05, 0.1) is 18.1 Å². The lowest BCUT2D eigenvalue weighted by Gasteiger charge is -2.37. The molecule has 234 valence electrons. The maximum Gasteiger partial charge on any atom is 0.416 e. The van der Waals surface area contributed by atoms with E-state index in [2.05, 4.69) is 9.88 Å². The zero-order chi connectivity index (χ0) is 31.3. The van der Waals surface area contributed by atoms with Crippen molar-refractivity contribution in [3.05, 3.63) is 77.0 Å². The predicted octanol–water partition coefficient (Wildman–Crippen LogP) is 5.84. The molecule has 0 saturated carbocycles. The molecule has 0 radical (unpaired) electrons. The number of aryl methyl sites for hydroxylation is 1. The molecule has 0 spiro atoms. The van der Waals surface area contributed by atoms with Crippen molar-refractivity contribution in [3.8, 4) is 0 Å². The van der Waals surface area contributed by atoms with Gasteiger partial charge in [0.15, 0.2) is 5.16 Å². The highest BCUT2D eigenvalue weighted by Crippen LogP contribution is 2.32. The highest BCUT2D eigenvalue weighted by atomic mass is 32.2. The third-order valence-corrected chi connectivity index (χ3v) is 8.78. The van der Waals surface area contributed by atoms with Gasteiger partial charge in [0, 0.05) is 68.0 Å². The minimum Gasteiger partial charge on any atom is -0.466 e. The highest BCUT2D eigenvalue weighted by molar-refractivity contribution is 7.98. The molecule has 5 rings (SSSR count). The Labute approximate surface area is 259 Å². The van der Waals surface area contributed by atoms with Crippen molar-refractivity contribution in [3.63, 3.8) is 0 Å². The van der Waals surface area contributed by atoms with Gasteiger partial charge in [0.25, 0.3) is 5.91 Å². The molecule has 2 aliphatic rings. The third-order valence-electron chi connectivity index (χ3n) is 7.86. The number of hydrogen-bond donors (Lipinski definition) is 0. The van der Waals surface area contributed by atoms with E-state index in [9.17, 15) is 22.8 Å². The van der Waals surface area contributed by atoms with Crippen LogP contribution < -0.4 is 9.80 Å². The Bertz CT molecular complexity index is 1460. The smallest absolute Gasteiger partial charge is 0.416 e. The van der Waals surface area contributed by atoms with Crippen LogP contribution in [0.15, 0.2) is 59.8 Å². The van der Waals surface area contributed by atoms with E-state index in [-0.39, 0.29) is 17.8 Å². The van der Waals surface area contributed by atoms with Crippen molar-refractivity contribution in [1.29, 1.82) is 0 Å². The van der Waals surface area contributed by atoms with Gasteiger partial charge in [0.1, 0.15) is 5.82 Å². The number of esters is 1. The number of halogens is 3. The van der Waals surface area contributed by atoms with E-state index >= 15 is 0 Å². The second kappa shape index (κ2) is 13.9. The summed E-state index contributed by atoms with van der Waals surface area (Å²) in [6, 6.07) is 14.9. The fourth-order valence-electron chi connectivity index (χ4n) is 5.51. The molecule has 1 atom stereocenters. The third kappa shape index (κ3) is 7.82. The number of hydrogen-bond acceptors (Lipinski definition) is 8. The van der Waals surface area contributed by atoms with E-state index in [1.807, 2.05) is 42.2 Å². The Hall–Kier alpha value is -3.80. The van der Waals surface area contributed by atoms with Gasteiger partial charge in [-0.2, -0.15) is 13.2 Å². The van der Waals surface area contributed by atoms with Crippen molar-refractivity contribution >= 4 is 35.1 Å². The van der Waals surface area contributed by atoms with Crippen LogP contribution in [0.4, 0.5) is 24.7 Å². The summed E-state index contributed by atoms with van der Waals surface area (Å²) in [6.07, 6.45) is -2.86. The summed E-state index contributed by atoms with van der Waals surface area (Å²) in [5, 5.41) is 0.638. The van der Waals surface area contributed by atoms with Crippen molar-refractivity contribution in [2.75, 3.05) is 55.7 Å². The number of aromatic nitrogens is 2. The van der Waals surface area contributed by atoms with Crippen LogP contribution in [-0.4, -0.2) is 72.6 Å². The average molecular weight is 628 g/mol. The summed E-state index contributed by atoms with van der Waals surface area (Å²) in [6.45, 7) is 7.46. The standard InChI is InChI=1S/C32H36F3N5O3S/c1-3-43-30(42)25-6-5-13-40(20-25)29(41)24-11-9-23(10-12-24)21-44-31-36-22(2)18-28(37-31)39-16-14-38(15-17-39)27-8-4-7-26(19-27)32(33,34)35/h4,7-12,18-19,25H,3,5-6,13-17,20-21H2,1-2H3/t25-/m0/s1. The first kappa shape index (κ1) is 31.6. The summed E-state index contributed by atoms with van der Waals surface area (Å²) >= 11 is 1.50. The van der Waals surface area contributed by atoms with Crippen LogP contribution >= 0.6 is 11.8 Å². The van der Waals surface area contributed by atoms with Gasteiger partial charge in [0.2, 0.25) is 0 Å². The van der Waals surface area contributed by atoms with Crippen LogP contribution in [0.5, 0.6) is 0 Å². The number of alkyl halides is 3. The molecule has 0 unspecified atom stereocenters. The van der Waals surface area contributed by atoms with Gasteiger partial charge in [-0.05, 0) is 62.6 Å². The van der Waals surface area contributed by atoms with Crippen LogP contribution in [0, 0.1) is 12.8 Å². The van der Waals surface area contributed by atoms with Gasteiger partial charge >= 0.3 is 12.1 Å². The van der Waals surface area contributed by atoms with Crippen molar-refractivity contribution < 1.29 is 27.5 Å². The van der Waals surface area contributed by atoms with Crippen LogP contribution in [0.25, 0.3) is 0 Å². The predicted molar refractivity (Wildman–Crippen MR) is 164 cm³/mol. The minimum absolute atomic E-state index is 0.0852. The number of rotatable bonds is 8. The summed E-state index contributed by atoms with van der Waals surface area (Å²) in [5.41, 5.74) is 2.37. The second-order valence-corrected chi connectivity index (χ2v) is 11.9. The Morgan fingerprint density at radius 1 is 0.977 bits per heavy atom. The first-order chi connectivity index (χ1) is 21.1. The molecule has 0 N–H and O–H groups in total. The fraction of sp³-hybridized carbons (Fsp3) is 0.438. The zero-order valence-electron chi connectivity index (χ0n) is 24.8. The molecule has 3 heterocycles. The molecule has 3 aromatic rings. The zero-order valence-corrected chi connectivity index (χ0v) is 25.7. The van der Waals surface area contributed by atoms with Gasteiger partial charge in [-0.1, -0.05) is 30.0 Å². The number of amides is 1. The SMILES string of the molecule is CCOC(=O)[C@H]1CCCN(C(=O)c2ccc(CSc3nc(C)cc(N4CCN(c5cccc(C(F)(F)F)c5)CC4)n3)cc2)C1. The lowest BCUT2D eigenvalue weighted by molar-refractivity contribution is -0.149. The molecule has 44 heavy (non-hydrogen) atoms. The number of piperidine rings is 1. The van der Waals surface area contributed by atoms with E-state index in [0.29, 0.717) is 68.0 Å². The molecule has 12 heteroatoms. The van der Waals surface area contributed by atoms with E-state index in [1.54, 1.807) is 17.9 Å². The molecule has 1 amide bonds. The Balaban J connectivity index is 1.16. The number of carbonyl (C=O) groups excluding carboxylic acids is 2. The number of likely N-dealkylation sites (tertiary alicyclic amines) is 1. The van der Waals surface area contributed by atoms with Crippen LogP contribution in [0.3, 0.4) is 0 Å². The molecule has 2 saturated heterocycles. The van der Waals surface area contributed by atoms with E-state index in [0.717, 1.165) is 36.0 Å². The normalized spacial score (nSPS) is 17.5. The Kier molecular flexibility index (Phi) is 9.97. The van der Waals surface area contributed by atoms with Crippen LogP contribution in [0.1, 0.15) is 46.9 Å². The number of ether oxygens (including phenoxy) is 1. The molecule has 0 bridgehead atoms. The van der Waals surface area contributed by atoms with E-state index < -0.39 is 11.7 Å². The Morgan fingerprint density at radius 2 is 1.70 bits per heavy atom. The molecule has 2 aliphatic heterocycles. The van der Waals surface area contributed by atoms with E-state index in [1.165, 1.54) is 23.9 Å². The molecular weight excluding hydrogens is 591 g/mol. The van der Waals surface area contributed by atoms with Crippen LogP contribution in [-0.2, 0) is 21.5 Å². The fourth-order valence-corrected chi connectivity index (χ4v) is 6.37. The number of carbonyl (C=O) groups is 2. The maximum atomic E-state index is 13.2. The Morgan fingerprint density at radius 3 is 2.41 bits per heavy atom. The summed E-state index contributed by atoms with van der Waals surface area (Å²) in [7, 11) is 0. The highest BCUT2D eigenvalue weighted by Gasteiger charge is 2.32. The van der Waals surface area contributed by atoms with Crippen LogP contribution in [0.2, 0.25) is 0 Å². The summed E-state index contributed by atoms with van der Waals surface area (Å²) in [5.74, 6) is 0.818. The van der Waals surface area contributed by atoms with Gasteiger partial charge in [-0.15, -0.1) is 0 Å². The number of anilines is 2. The molecule has 8 nitrogen and oxygen atoms in total. The van der Waals surface area contributed by atoms with Gasteiger partial charge in [-0.3, -0.25) is 9.59 Å². The van der Waals surface area contributed by atoms with Crippen molar-refractivity contribution in [2.45, 2.75) is 43.8 Å². The van der Waals surface area contributed by atoms with Gasteiger partial charge < -0.3 is 19.4 Å².